The molecule has 0 radical (unpaired) electrons. The van der Waals surface area contributed by atoms with Crippen LogP contribution < -0.4 is 11.1 Å². The molecule has 1 fully saturated rings. The van der Waals surface area contributed by atoms with Gasteiger partial charge in [0.2, 0.25) is 6.41 Å². The lowest BCUT2D eigenvalue weighted by atomic mass is 10.1. The first-order valence-corrected chi connectivity index (χ1v) is 8.19. The Hall–Kier alpha value is -0.570. The Balaban J connectivity index is 0. The molecule has 116 valence electrons. The lowest BCUT2D eigenvalue weighted by Gasteiger charge is -2.08. The summed E-state index contributed by atoms with van der Waals surface area (Å²) in [4.78, 5) is 8.58. The van der Waals surface area contributed by atoms with E-state index in [0.717, 1.165) is 0 Å². The number of rotatable bonds is 7. The normalized spacial score (nSPS) is 13.6. The van der Waals surface area contributed by atoms with Crippen LogP contribution in [0.25, 0.3) is 0 Å². The van der Waals surface area contributed by atoms with Gasteiger partial charge in [-0.25, -0.2) is 0 Å². The monoisotopic (exact) mass is 272 g/mol. The number of piperidine rings is 1. The molecule has 1 rings (SSSR count). The van der Waals surface area contributed by atoms with E-state index in [1.165, 1.54) is 83.7 Å². The van der Waals surface area contributed by atoms with Crippen molar-refractivity contribution in [2.45, 2.75) is 84.5 Å². The Morgan fingerprint density at radius 2 is 1.21 bits per heavy atom. The second kappa shape index (κ2) is 22.6. The molecule has 0 aromatic heterocycles. The van der Waals surface area contributed by atoms with Gasteiger partial charge in [-0.15, -0.1) is 0 Å². The summed E-state index contributed by atoms with van der Waals surface area (Å²) >= 11 is 0. The van der Waals surface area contributed by atoms with E-state index in [4.69, 9.17) is 4.79 Å². The van der Waals surface area contributed by atoms with Crippen LogP contribution in [0, 0.1) is 0 Å². The van der Waals surface area contributed by atoms with Gasteiger partial charge in [-0.05, 0) is 25.9 Å². The number of carbonyl (C=O) groups excluding carboxylic acids is 1. The zero-order valence-electron chi connectivity index (χ0n) is 13.3. The molecule has 19 heavy (non-hydrogen) atoms. The maximum Gasteiger partial charge on any atom is 0.204 e. The van der Waals surface area contributed by atoms with Crippen molar-refractivity contribution < 1.29 is 4.79 Å². The topological polar surface area (TPSA) is 55.1 Å². The van der Waals surface area contributed by atoms with Crippen molar-refractivity contribution in [3.05, 3.63) is 0 Å². The summed E-state index contributed by atoms with van der Waals surface area (Å²) in [6, 6.07) is 0. The van der Waals surface area contributed by atoms with Crippen molar-refractivity contribution in [1.29, 1.82) is 0 Å². The summed E-state index contributed by atoms with van der Waals surface area (Å²) < 4.78 is 0. The molecule has 0 spiro atoms. The highest BCUT2D eigenvalue weighted by Gasteiger charge is 1.93. The van der Waals surface area contributed by atoms with Crippen molar-refractivity contribution >= 4 is 6.41 Å². The largest absolute Gasteiger partial charge is 0.372 e. The minimum atomic E-state index is 0.250. The molecular weight excluding hydrogens is 236 g/mol. The number of primary amides is 1. The first kappa shape index (κ1) is 20.7. The summed E-state index contributed by atoms with van der Waals surface area (Å²) in [6.45, 7) is 7.04. The average molecular weight is 272 g/mol. The van der Waals surface area contributed by atoms with E-state index < -0.39 is 0 Å². The van der Waals surface area contributed by atoms with Crippen LogP contribution in [-0.2, 0) is 4.79 Å². The van der Waals surface area contributed by atoms with Crippen LogP contribution in [-0.4, -0.2) is 19.5 Å². The molecule has 3 heteroatoms. The second-order valence-corrected chi connectivity index (χ2v) is 5.07. The van der Waals surface area contributed by atoms with Gasteiger partial charge in [0.05, 0.1) is 0 Å². The summed E-state index contributed by atoms with van der Waals surface area (Å²) in [5, 5.41) is 3.28. The quantitative estimate of drug-likeness (QED) is 0.543. The van der Waals surface area contributed by atoms with Gasteiger partial charge in [0.1, 0.15) is 0 Å². The third kappa shape index (κ3) is 26.9. The fourth-order valence-electron chi connectivity index (χ4n) is 2.01. The minimum Gasteiger partial charge on any atom is -0.372 e. The highest BCUT2D eigenvalue weighted by Crippen LogP contribution is 2.07. The summed E-state index contributed by atoms with van der Waals surface area (Å²) in [5.41, 5.74) is 4.17. The van der Waals surface area contributed by atoms with Gasteiger partial charge in [0.25, 0.3) is 0 Å². The van der Waals surface area contributed by atoms with Gasteiger partial charge < -0.3 is 11.1 Å². The van der Waals surface area contributed by atoms with Crippen LogP contribution in [0.3, 0.4) is 0 Å². The second-order valence-electron chi connectivity index (χ2n) is 5.07. The van der Waals surface area contributed by atoms with Crippen molar-refractivity contribution in [2.75, 3.05) is 13.1 Å². The summed E-state index contributed by atoms with van der Waals surface area (Å²) in [5.74, 6) is 0. The molecule has 1 aliphatic rings. The van der Waals surface area contributed by atoms with Crippen LogP contribution >= 0.6 is 0 Å². The molecular formula is C16H36N2O. The van der Waals surface area contributed by atoms with Crippen molar-refractivity contribution in [1.82, 2.24) is 5.32 Å². The van der Waals surface area contributed by atoms with E-state index in [-0.39, 0.29) is 6.41 Å². The van der Waals surface area contributed by atoms with E-state index in [2.05, 4.69) is 24.9 Å². The molecule has 0 atom stereocenters. The maximum atomic E-state index is 8.58. The van der Waals surface area contributed by atoms with Crippen molar-refractivity contribution in [3.8, 4) is 0 Å². The summed E-state index contributed by atoms with van der Waals surface area (Å²) in [7, 11) is 0. The molecule has 0 aliphatic carbocycles. The van der Waals surface area contributed by atoms with E-state index in [9.17, 15) is 0 Å². The van der Waals surface area contributed by atoms with Crippen LogP contribution in [0.2, 0.25) is 0 Å². The molecule has 0 aromatic rings. The Bertz CT molecular complexity index is 128. The molecule has 1 saturated heterocycles. The molecule has 0 bridgehead atoms. The van der Waals surface area contributed by atoms with Crippen molar-refractivity contribution in [2.24, 2.45) is 5.73 Å². The van der Waals surface area contributed by atoms with E-state index in [1.807, 2.05) is 0 Å². The van der Waals surface area contributed by atoms with E-state index in [1.54, 1.807) is 0 Å². The molecule has 1 amide bonds. The zero-order valence-corrected chi connectivity index (χ0v) is 13.3. The van der Waals surface area contributed by atoms with E-state index >= 15 is 0 Å². The lowest BCUT2D eigenvalue weighted by Crippen LogP contribution is -2.21. The summed E-state index contributed by atoms with van der Waals surface area (Å²) in [6.07, 6.45) is 15.9. The Kier molecular flexibility index (Phi) is 24.7. The zero-order chi connectivity index (χ0) is 14.6. The van der Waals surface area contributed by atoms with Crippen LogP contribution in [0.1, 0.15) is 84.5 Å². The Morgan fingerprint density at radius 1 is 0.842 bits per heavy atom. The van der Waals surface area contributed by atoms with Gasteiger partial charge in [0, 0.05) is 0 Å². The maximum absolute atomic E-state index is 8.58. The van der Waals surface area contributed by atoms with Gasteiger partial charge in [-0.2, -0.15) is 0 Å². The molecule has 3 nitrogen and oxygen atoms in total. The number of hydrogen-bond donors (Lipinski definition) is 2. The van der Waals surface area contributed by atoms with E-state index in [0.29, 0.717) is 0 Å². The van der Waals surface area contributed by atoms with Crippen molar-refractivity contribution in [3.63, 3.8) is 0 Å². The Labute approximate surface area is 120 Å². The van der Waals surface area contributed by atoms with Crippen LogP contribution in [0.4, 0.5) is 0 Å². The predicted molar refractivity (Wildman–Crippen MR) is 85.3 cm³/mol. The van der Waals surface area contributed by atoms with Gasteiger partial charge in [-0.3, -0.25) is 4.79 Å². The number of nitrogens with one attached hydrogen (secondary N) is 1. The SMILES string of the molecule is C1CCNCC1.CCCCCCCCCC.NC=O. The number of unbranched alkanes of at least 4 members (excludes halogenated alkanes) is 7. The number of nitrogens with two attached hydrogens (primary N) is 1. The highest BCUT2D eigenvalue weighted by atomic mass is 16.1. The standard InChI is InChI=1S/C10H22.C5H11N.CH3NO/c1-3-5-7-9-10-8-6-4-2;1-2-4-6-5-3-1;2-1-3/h3-10H2,1-2H3;6H,1-5H2;1H,(H2,2,3). The lowest BCUT2D eigenvalue weighted by molar-refractivity contribution is -0.106. The number of amides is 1. The molecule has 0 saturated carbocycles. The van der Waals surface area contributed by atoms with Gasteiger partial charge in [-0.1, -0.05) is 71.6 Å². The van der Waals surface area contributed by atoms with Crippen LogP contribution in [0.15, 0.2) is 0 Å². The molecule has 1 aliphatic heterocycles. The Morgan fingerprint density at radius 3 is 1.42 bits per heavy atom. The van der Waals surface area contributed by atoms with Gasteiger partial charge >= 0.3 is 0 Å². The van der Waals surface area contributed by atoms with Crippen LogP contribution in [0.5, 0.6) is 0 Å². The molecule has 3 N–H and O–H groups in total. The third-order valence-corrected chi connectivity index (χ3v) is 3.16. The highest BCUT2D eigenvalue weighted by molar-refractivity contribution is 5.42. The first-order valence-electron chi connectivity index (χ1n) is 8.19. The smallest absolute Gasteiger partial charge is 0.204 e. The predicted octanol–water partition coefficient (Wildman–Crippen LogP) is 4.01. The minimum absolute atomic E-state index is 0.250. The number of carbonyl (C=O) groups is 1. The fourth-order valence-corrected chi connectivity index (χ4v) is 2.01. The molecule has 0 aromatic carbocycles. The third-order valence-electron chi connectivity index (χ3n) is 3.16. The average Bonchev–Trinajstić information content (AvgIpc) is 2.46. The fraction of sp³-hybridized carbons (Fsp3) is 0.938. The number of hydrogen-bond acceptors (Lipinski definition) is 2. The first-order chi connectivity index (χ1) is 9.33. The van der Waals surface area contributed by atoms with Gasteiger partial charge in [0.15, 0.2) is 0 Å². The molecule has 1 heterocycles. The molecule has 0 unspecified atom stereocenters.